The summed E-state index contributed by atoms with van der Waals surface area (Å²) < 4.78 is 0. The number of aromatic nitrogens is 2. The van der Waals surface area contributed by atoms with Crippen LogP contribution in [0.3, 0.4) is 0 Å². The molecule has 1 heterocycles. The summed E-state index contributed by atoms with van der Waals surface area (Å²) in [5.74, 6) is 1.05. The Morgan fingerprint density at radius 2 is 2.18 bits per heavy atom. The van der Waals surface area contributed by atoms with Gasteiger partial charge in [-0.1, -0.05) is 18.5 Å². The Hall–Kier alpha value is -1.20. The Labute approximate surface area is 106 Å². The average molecular weight is 257 g/mol. The zero-order valence-corrected chi connectivity index (χ0v) is 11.1. The standard InChI is InChI=1S/C11H17ClN4O/c1-4-16(3)6-5-13-11-9(7-17)10(12)14-8(2)15-11/h7H,4-6H2,1-3H3,(H,13,14,15). The first-order chi connectivity index (χ1) is 8.08. The third kappa shape index (κ3) is 3.94. The van der Waals surface area contributed by atoms with Crippen LogP contribution < -0.4 is 5.32 Å². The lowest BCUT2D eigenvalue weighted by Gasteiger charge is -2.15. The van der Waals surface area contributed by atoms with Crippen LogP contribution in [-0.4, -0.2) is 47.8 Å². The number of aldehydes is 1. The van der Waals surface area contributed by atoms with E-state index in [0.29, 0.717) is 30.0 Å². The highest BCUT2D eigenvalue weighted by Gasteiger charge is 2.10. The number of nitrogens with zero attached hydrogens (tertiary/aromatic N) is 3. The van der Waals surface area contributed by atoms with Gasteiger partial charge in [0.05, 0.1) is 5.56 Å². The molecule has 94 valence electrons. The molecule has 0 bridgehead atoms. The van der Waals surface area contributed by atoms with Crippen molar-refractivity contribution < 1.29 is 4.79 Å². The number of rotatable bonds is 6. The second-order valence-corrected chi connectivity index (χ2v) is 4.12. The van der Waals surface area contributed by atoms with Crippen LogP contribution >= 0.6 is 11.6 Å². The van der Waals surface area contributed by atoms with Crippen LogP contribution in [-0.2, 0) is 0 Å². The normalized spacial score (nSPS) is 10.6. The minimum atomic E-state index is 0.193. The number of likely N-dealkylation sites (N-methyl/N-ethyl adjacent to an activating group) is 1. The zero-order valence-electron chi connectivity index (χ0n) is 10.3. The van der Waals surface area contributed by atoms with Gasteiger partial charge >= 0.3 is 0 Å². The summed E-state index contributed by atoms with van der Waals surface area (Å²) >= 11 is 5.87. The molecule has 1 rings (SSSR count). The van der Waals surface area contributed by atoms with Gasteiger partial charge < -0.3 is 10.2 Å². The lowest BCUT2D eigenvalue weighted by molar-refractivity contribution is 0.112. The van der Waals surface area contributed by atoms with E-state index in [4.69, 9.17) is 11.6 Å². The molecule has 0 unspecified atom stereocenters. The summed E-state index contributed by atoms with van der Waals surface area (Å²) in [5.41, 5.74) is 0.316. The van der Waals surface area contributed by atoms with E-state index < -0.39 is 0 Å². The molecule has 1 aromatic rings. The number of hydrogen-bond acceptors (Lipinski definition) is 5. The summed E-state index contributed by atoms with van der Waals surface area (Å²) in [6.07, 6.45) is 0.674. The Balaban J connectivity index is 2.73. The maximum Gasteiger partial charge on any atom is 0.156 e. The smallest absolute Gasteiger partial charge is 0.156 e. The first-order valence-electron chi connectivity index (χ1n) is 5.50. The number of halogens is 1. The lowest BCUT2D eigenvalue weighted by Crippen LogP contribution is -2.25. The summed E-state index contributed by atoms with van der Waals surface area (Å²) in [4.78, 5) is 21.2. The van der Waals surface area contributed by atoms with Gasteiger partial charge in [-0.25, -0.2) is 9.97 Å². The van der Waals surface area contributed by atoms with E-state index in [2.05, 4.69) is 27.1 Å². The van der Waals surface area contributed by atoms with E-state index in [1.807, 2.05) is 7.05 Å². The van der Waals surface area contributed by atoms with E-state index in [1.165, 1.54) is 0 Å². The average Bonchev–Trinajstić information content (AvgIpc) is 2.28. The second kappa shape index (κ2) is 6.51. The minimum Gasteiger partial charge on any atom is -0.368 e. The number of hydrogen-bond donors (Lipinski definition) is 1. The van der Waals surface area contributed by atoms with Crippen LogP contribution in [0.15, 0.2) is 0 Å². The molecule has 0 amide bonds. The predicted molar refractivity (Wildman–Crippen MR) is 68.8 cm³/mol. The SMILES string of the molecule is CCN(C)CCNc1nc(C)nc(Cl)c1C=O. The molecule has 0 atom stereocenters. The van der Waals surface area contributed by atoms with E-state index in [1.54, 1.807) is 6.92 Å². The molecule has 17 heavy (non-hydrogen) atoms. The monoisotopic (exact) mass is 256 g/mol. The van der Waals surface area contributed by atoms with Gasteiger partial charge in [-0.05, 0) is 20.5 Å². The van der Waals surface area contributed by atoms with E-state index in [-0.39, 0.29) is 5.15 Å². The molecule has 6 heteroatoms. The van der Waals surface area contributed by atoms with Crippen molar-refractivity contribution in [3.8, 4) is 0 Å². The van der Waals surface area contributed by atoms with Crippen LogP contribution in [0.2, 0.25) is 5.15 Å². The molecular formula is C11H17ClN4O. The van der Waals surface area contributed by atoms with Crippen molar-refractivity contribution in [2.75, 3.05) is 32.0 Å². The van der Waals surface area contributed by atoms with E-state index in [0.717, 1.165) is 13.1 Å². The van der Waals surface area contributed by atoms with Gasteiger partial charge in [-0.3, -0.25) is 4.79 Å². The van der Waals surface area contributed by atoms with Gasteiger partial charge in [0.1, 0.15) is 16.8 Å². The molecule has 0 aliphatic carbocycles. The van der Waals surface area contributed by atoms with Crippen molar-refractivity contribution in [2.45, 2.75) is 13.8 Å². The Morgan fingerprint density at radius 1 is 1.47 bits per heavy atom. The number of carbonyl (C=O) groups excluding carboxylic acids is 1. The van der Waals surface area contributed by atoms with Crippen molar-refractivity contribution in [3.05, 3.63) is 16.5 Å². The molecular weight excluding hydrogens is 240 g/mol. The maximum atomic E-state index is 10.9. The highest BCUT2D eigenvalue weighted by molar-refractivity contribution is 6.32. The number of anilines is 1. The minimum absolute atomic E-state index is 0.193. The highest BCUT2D eigenvalue weighted by Crippen LogP contribution is 2.18. The Morgan fingerprint density at radius 3 is 2.76 bits per heavy atom. The van der Waals surface area contributed by atoms with Crippen LogP contribution in [0.1, 0.15) is 23.1 Å². The molecule has 1 aromatic heterocycles. The summed E-state index contributed by atoms with van der Waals surface area (Å²) in [6.45, 7) is 6.38. The molecule has 0 radical (unpaired) electrons. The second-order valence-electron chi connectivity index (χ2n) is 3.76. The molecule has 5 nitrogen and oxygen atoms in total. The fourth-order valence-corrected chi connectivity index (χ4v) is 1.57. The molecule has 0 saturated heterocycles. The van der Waals surface area contributed by atoms with Gasteiger partial charge in [0, 0.05) is 13.1 Å². The predicted octanol–water partition coefficient (Wildman–Crippen LogP) is 1.61. The summed E-state index contributed by atoms with van der Waals surface area (Å²) in [6, 6.07) is 0. The van der Waals surface area contributed by atoms with Crippen molar-refractivity contribution in [2.24, 2.45) is 0 Å². The molecule has 0 saturated carbocycles. The summed E-state index contributed by atoms with van der Waals surface area (Å²) in [5, 5.41) is 3.30. The van der Waals surface area contributed by atoms with Gasteiger partial charge in [-0.15, -0.1) is 0 Å². The Bertz CT molecular complexity index is 397. The molecule has 0 aliphatic rings. The van der Waals surface area contributed by atoms with Gasteiger partial charge in [0.15, 0.2) is 6.29 Å². The van der Waals surface area contributed by atoms with Crippen LogP contribution in [0.25, 0.3) is 0 Å². The van der Waals surface area contributed by atoms with Crippen LogP contribution in [0.5, 0.6) is 0 Å². The van der Waals surface area contributed by atoms with Crippen molar-refractivity contribution in [3.63, 3.8) is 0 Å². The van der Waals surface area contributed by atoms with Gasteiger partial charge in [0.2, 0.25) is 0 Å². The molecule has 0 aromatic carbocycles. The lowest BCUT2D eigenvalue weighted by atomic mass is 10.3. The Kier molecular flexibility index (Phi) is 5.31. The third-order valence-electron chi connectivity index (χ3n) is 2.45. The highest BCUT2D eigenvalue weighted by atomic mass is 35.5. The number of aryl methyl sites for hydroxylation is 1. The van der Waals surface area contributed by atoms with Gasteiger partial charge in [0.25, 0.3) is 0 Å². The van der Waals surface area contributed by atoms with E-state index in [9.17, 15) is 4.79 Å². The number of nitrogens with one attached hydrogen (secondary N) is 1. The third-order valence-corrected chi connectivity index (χ3v) is 2.74. The first-order valence-corrected chi connectivity index (χ1v) is 5.88. The van der Waals surface area contributed by atoms with Crippen molar-refractivity contribution in [1.82, 2.24) is 14.9 Å². The fourth-order valence-electron chi connectivity index (χ4n) is 1.31. The molecule has 0 spiro atoms. The fraction of sp³-hybridized carbons (Fsp3) is 0.545. The number of carbonyl (C=O) groups is 1. The maximum absolute atomic E-state index is 10.9. The van der Waals surface area contributed by atoms with Crippen LogP contribution in [0, 0.1) is 6.92 Å². The van der Waals surface area contributed by atoms with Crippen LogP contribution in [0.4, 0.5) is 5.82 Å². The van der Waals surface area contributed by atoms with E-state index >= 15 is 0 Å². The quantitative estimate of drug-likeness (QED) is 0.619. The summed E-state index contributed by atoms with van der Waals surface area (Å²) in [7, 11) is 2.03. The largest absolute Gasteiger partial charge is 0.368 e. The molecule has 0 aliphatic heterocycles. The first kappa shape index (κ1) is 13.9. The van der Waals surface area contributed by atoms with Gasteiger partial charge in [-0.2, -0.15) is 0 Å². The zero-order chi connectivity index (χ0) is 12.8. The molecule has 1 N–H and O–H groups in total. The topological polar surface area (TPSA) is 58.1 Å². The van der Waals surface area contributed by atoms with Crippen molar-refractivity contribution >= 4 is 23.7 Å². The molecule has 0 fully saturated rings. The van der Waals surface area contributed by atoms with Crippen molar-refractivity contribution in [1.29, 1.82) is 0 Å².